The number of hydrogen-bond donors (Lipinski definition) is 2. The van der Waals surface area contributed by atoms with E-state index in [2.05, 4.69) is 24.5 Å². The van der Waals surface area contributed by atoms with Gasteiger partial charge in [-0.3, -0.25) is 0 Å². The summed E-state index contributed by atoms with van der Waals surface area (Å²) in [4.78, 5) is 0. The average Bonchev–Trinajstić information content (AvgIpc) is 2.18. The maximum absolute atomic E-state index is 12.8. The summed E-state index contributed by atoms with van der Waals surface area (Å²) in [5.41, 5.74) is 1.04. The second-order valence-electron chi connectivity index (χ2n) is 4.52. The molecule has 1 aromatic carbocycles. The molecule has 0 spiro atoms. The van der Waals surface area contributed by atoms with Gasteiger partial charge in [0.05, 0.1) is 5.54 Å². The van der Waals surface area contributed by atoms with E-state index in [1.54, 1.807) is 0 Å². The lowest BCUT2D eigenvalue weighted by molar-refractivity contribution is 0.255. The first kappa shape index (κ1) is 10.6. The molecule has 0 bridgehead atoms. The Balaban J connectivity index is 2.24. The highest BCUT2D eigenvalue weighted by Crippen LogP contribution is 2.22. The Morgan fingerprint density at radius 3 is 2.60 bits per heavy atom. The molecule has 1 fully saturated rings. The van der Waals surface area contributed by atoms with Crippen molar-refractivity contribution in [3.05, 3.63) is 35.6 Å². The van der Waals surface area contributed by atoms with Crippen molar-refractivity contribution in [3.63, 3.8) is 0 Å². The van der Waals surface area contributed by atoms with Crippen LogP contribution in [0.5, 0.6) is 0 Å². The molecule has 1 aromatic rings. The molecule has 0 aliphatic carbocycles. The van der Waals surface area contributed by atoms with Crippen LogP contribution >= 0.6 is 0 Å². The molecule has 1 heterocycles. The third-order valence-electron chi connectivity index (χ3n) is 2.98. The average molecular weight is 208 g/mol. The minimum absolute atomic E-state index is 0.0919. The van der Waals surface area contributed by atoms with Gasteiger partial charge in [-0.05, 0) is 31.5 Å². The van der Waals surface area contributed by atoms with Gasteiger partial charge in [0, 0.05) is 19.1 Å². The van der Waals surface area contributed by atoms with Crippen molar-refractivity contribution < 1.29 is 4.39 Å². The monoisotopic (exact) mass is 208 g/mol. The maximum atomic E-state index is 12.8. The predicted molar refractivity (Wildman–Crippen MR) is 59.2 cm³/mol. The smallest absolute Gasteiger partial charge is 0.123 e. The van der Waals surface area contributed by atoms with E-state index in [0.29, 0.717) is 6.04 Å². The van der Waals surface area contributed by atoms with E-state index in [-0.39, 0.29) is 11.4 Å². The fourth-order valence-corrected chi connectivity index (χ4v) is 2.19. The normalized spacial score (nSPS) is 31.5. The standard InChI is InChI=1S/C12H17FN2/c1-9-7-14-8-12(2,15-9)10-3-5-11(13)6-4-10/h3-6,9,14-15H,7-8H2,1-2H3. The molecule has 0 amide bonds. The molecule has 1 saturated heterocycles. The molecule has 2 atom stereocenters. The maximum Gasteiger partial charge on any atom is 0.123 e. The van der Waals surface area contributed by atoms with Crippen LogP contribution < -0.4 is 10.6 Å². The van der Waals surface area contributed by atoms with Crippen molar-refractivity contribution >= 4 is 0 Å². The number of halogens is 1. The first-order valence-electron chi connectivity index (χ1n) is 5.35. The number of nitrogens with one attached hydrogen (secondary N) is 2. The van der Waals surface area contributed by atoms with Crippen molar-refractivity contribution in [1.29, 1.82) is 0 Å². The van der Waals surface area contributed by atoms with Crippen LogP contribution in [-0.4, -0.2) is 19.1 Å². The number of rotatable bonds is 1. The first-order valence-corrected chi connectivity index (χ1v) is 5.35. The third kappa shape index (κ3) is 2.19. The van der Waals surface area contributed by atoms with Crippen LogP contribution in [-0.2, 0) is 5.54 Å². The zero-order chi connectivity index (χ0) is 10.9. The zero-order valence-corrected chi connectivity index (χ0v) is 9.18. The van der Waals surface area contributed by atoms with Gasteiger partial charge in [-0.25, -0.2) is 4.39 Å². The number of piperazine rings is 1. The van der Waals surface area contributed by atoms with Crippen LogP contribution in [0.4, 0.5) is 4.39 Å². The fraction of sp³-hybridized carbons (Fsp3) is 0.500. The summed E-state index contributed by atoms with van der Waals surface area (Å²) in [6.07, 6.45) is 0. The van der Waals surface area contributed by atoms with Gasteiger partial charge in [0.15, 0.2) is 0 Å². The Kier molecular flexibility index (Phi) is 2.76. The minimum Gasteiger partial charge on any atom is -0.313 e. The highest BCUT2D eigenvalue weighted by Gasteiger charge is 2.30. The molecule has 2 unspecified atom stereocenters. The SMILES string of the molecule is CC1CNCC(C)(c2ccc(F)cc2)N1. The van der Waals surface area contributed by atoms with E-state index in [9.17, 15) is 4.39 Å². The molecule has 0 saturated carbocycles. The van der Waals surface area contributed by atoms with E-state index in [0.717, 1.165) is 18.7 Å². The van der Waals surface area contributed by atoms with Gasteiger partial charge < -0.3 is 10.6 Å². The highest BCUT2D eigenvalue weighted by atomic mass is 19.1. The van der Waals surface area contributed by atoms with E-state index >= 15 is 0 Å². The molecular weight excluding hydrogens is 191 g/mol. The lowest BCUT2D eigenvalue weighted by Crippen LogP contribution is -2.59. The largest absolute Gasteiger partial charge is 0.313 e. The predicted octanol–water partition coefficient (Wildman–Crippen LogP) is 1.62. The van der Waals surface area contributed by atoms with Crippen molar-refractivity contribution in [2.75, 3.05) is 13.1 Å². The Morgan fingerprint density at radius 1 is 1.33 bits per heavy atom. The summed E-state index contributed by atoms with van der Waals surface area (Å²) in [5, 5.41) is 6.93. The topological polar surface area (TPSA) is 24.1 Å². The van der Waals surface area contributed by atoms with Crippen LogP contribution in [0.2, 0.25) is 0 Å². The molecule has 2 nitrogen and oxygen atoms in total. The molecule has 0 aromatic heterocycles. The Bertz CT molecular complexity index is 336. The lowest BCUT2D eigenvalue weighted by atomic mass is 9.89. The number of hydrogen-bond acceptors (Lipinski definition) is 2. The van der Waals surface area contributed by atoms with Crippen molar-refractivity contribution in [3.8, 4) is 0 Å². The Hall–Kier alpha value is -0.930. The van der Waals surface area contributed by atoms with Crippen LogP contribution in [0.25, 0.3) is 0 Å². The molecule has 1 aliphatic rings. The Morgan fingerprint density at radius 2 is 2.00 bits per heavy atom. The van der Waals surface area contributed by atoms with Gasteiger partial charge in [0.1, 0.15) is 5.82 Å². The van der Waals surface area contributed by atoms with E-state index in [1.807, 2.05) is 12.1 Å². The lowest BCUT2D eigenvalue weighted by Gasteiger charge is -2.39. The quantitative estimate of drug-likeness (QED) is 0.733. The molecule has 82 valence electrons. The van der Waals surface area contributed by atoms with E-state index < -0.39 is 0 Å². The second kappa shape index (κ2) is 3.91. The molecular formula is C12H17FN2. The molecule has 0 radical (unpaired) electrons. The van der Waals surface area contributed by atoms with E-state index in [1.165, 1.54) is 12.1 Å². The molecule has 3 heteroatoms. The third-order valence-corrected chi connectivity index (χ3v) is 2.98. The van der Waals surface area contributed by atoms with Gasteiger partial charge in [0.2, 0.25) is 0 Å². The van der Waals surface area contributed by atoms with Crippen molar-refractivity contribution in [2.24, 2.45) is 0 Å². The van der Waals surface area contributed by atoms with Crippen LogP contribution in [0.3, 0.4) is 0 Å². The first-order chi connectivity index (χ1) is 7.10. The second-order valence-corrected chi connectivity index (χ2v) is 4.52. The summed E-state index contributed by atoms with van der Waals surface area (Å²) < 4.78 is 12.8. The van der Waals surface area contributed by atoms with E-state index in [4.69, 9.17) is 0 Å². The summed E-state index contributed by atoms with van der Waals surface area (Å²) >= 11 is 0. The summed E-state index contributed by atoms with van der Waals surface area (Å²) in [6, 6.07) is 7.17. The summed E-state index contributed by atoms with van der Waals surface area (Å²) in [7, 11) is 0. The van der Waals surface area contributed by atoms with Gasteiger partial charge in [0.25, 0.3) is 0 Å². The Labute approximate surface area is 89.9 Å². The van der Waals surface area contributed by atoms with Crippen molar-refractivity contribution in [1.82, 2.24) is 10.6 Å². The molecule has 2 rings (SSSR count). The molecule has 1 aliphatic heterocycles. The van der Waals surface area contributed by atoms with Crippen LogP contribution in [0.1, 0.15) is 19.4 Å². The summed E-state index contributed by atoms with van der Waals surface area (Å²) in [6.45, 7) is 6.15. The van der Waals surface area contributed by atoms with Gasteiger partial charge in [-0.1, -0.05) is 12.1 Å². The summed E-state index contributed by atoms with van der Waals surface area (Å²) in [5.74, 6) is -0.181. The van der Waals surface area contributed by atoms with Crippen molar-refractivity contribution in [2.45, 2.75) is 25.4 Å². The van der Waals surface area contributed by atoms with Crippen LogP contribution in [0.15, 0.2) is 24.3 Å². The van der Waals surface area contributed by atoms with Gasteiger partial charge in [-0.2, -0.15) is 0 Å². The minimum atomic E-state index is -0.181. The molecule has 2 N–H and O–H groups in total. The van der Waals surface area contributed by atoms with Gasteiger partial charge >= 0.3 is 0 Å². The van der Waals surface area contributed by atoms with Gasteiger partial charge in [-0.15, -0.1) is 0 Å². The van der Waals surface area contributed by atoms with Crippen LogP contribution in [0, 0.1) is 5.82 Å². The zero-order valence-electron chi connectivity index (χ0n) is 9.18. The fourth-order valence-electron chi connectivity index (χ4n) is 2.19. The highest BCUT2D eigenvalue weighted by molar-refractivity contribution is 5.25. The number of benzene rings is 1. The molecule has 15 heavy (non-hydrogen) atoms.